The van der Waals surface area contributed by atoms with Crippen LogP contribution in [0.5, 0.6) is 0 Å². The Hall–Kier alpha value is -1.59. The summed E-state index contributed by atoms with van der Waals surface area (Å²) in [4.78, 5) is 14.5. The molecule has 6 heteroatoms. The van der Waals surface area contributed by atoms with Crippen LogP contribution in [0.1, 0.15) is 23.6 Å². The van der Waals surface area contributed by atoms with Crippen molar-refractivity contribution < 1.29 is 22.7 Å². The molecule has 2 atom stereocenters. The second-order valence-electron chi connectivity index (χ2n) is 3.95. The third kappa shape index (κ3) is 2.40. The number of nitrogens with zero attached hydrogens (tertiary/aromatic N) is 1. The Bertz CT molecular complexity index is 427. The van der Waals surface area contributed by atoms with Gasteiger partial charge in [0.05, 0.1) is 13.0 Å². The molecule has 0 aromatic carbocycles. The fraction of sp³-hybridized carbons (Fsp3) is 0.455. The lowest BCUT2D eigenvalue weighted by Gasteiger charge is -2.06. The summed E-state index contributed by atoms with van der Waals surface area (Å²) < 4.78 is 41.3. The molecule has 1 aliphatic carbocycles. The first kappa shape index (κ1) is 11.9. The fourth-order valence-electron chi connectivity index (χ4n) is 1.77. The largest absolute Gasteiger partial charge is 0.469 e. The second-order valence-corrected chi connectivity index (χ2v) is 3.95. The monoisotopic (exact) mass is 245 g/mol. The van der Waals surface area contributed by atoms with Crippen molar-refractivity contribution in [1.29, 1.82) is 0 Å². The van der Waals surface area contributed by atoms with Crippen molar-refractivity contribution in [2.45, 2.75) is 18.5 Å². The molecule has 0 spiro atoms. The Morgan fingerprint density at radius 1 is 1.47 bits per heavy atom. The van der Waals surface area contributed by atoms with E-state index in [-0.39, 0.29) is 17.8 Å². The number of alkyl halides is 3. The van der Waals surface area contributed by atoms with E-state index in [1.165, 1.54) is 19.4 Å². The number of rotatable bonds is 2. The zero-order chi connectivity index (χ0) is 12.6. The van der Waals surface area contributed by atoms with Crippen molar-refractivity contribution in [3.05, 3.63) is 29.6 Å². The molecule has 1 fully saturated rings. The maximum Gasteiger partial charge on any atom is 0.433 e. The standard InChI is InChI=1S/C11H10F3NO2/c1-17-10(16)8-4-7(8)6-2-3-9(15-5-6)11(12,13)14/h2-3,5,7-8H,4H2,1H3/t7?,8-/m0/s1. The van der Waals surface area contributed by atoms with Crippen LogP contribution in [0.4, 0.5) is 13.2 Å². The number of pyridine rings is 1. The molecule has 92 valence electrons. The highest BCUT2D eigenvalue weighted by molar-refractivity contribution is 5.77. The van der Waals surface area contributed by atoms with Crippen molar-refractivity contribution in [3.8, 4) is 0 Å². The van der Waals surface area contributed by atoms with E-state index in [1.807, 2.05) is 0 Å². The summed E-state index contributed by atoms with van der Waals surface area (Å²) >= 11 is 0. The number of aromatic nitrogens is 1. The predicted molar refractivity (Wildman–Crippen MR) is 52.1 cm³/mol. The Balaban J connectivity index is 2.08. The van der Waals surface area contributed by atoms with Gasteiger partial charge in [-0.05, 0) is 24.0 Å². The van der Waals surface area contributed by atoms with E-state index in [9.17, 15) is 18.0 Å². The minimum atomic E-state index is -4.43. The van der Waals surface area contributed by atoms with Gasteiger partial charge < -0.3 is 4.74 Å². The zero-order valence-electron chi connectivity index (χ0n) is 8.99. The van der Waals surface area contributed by atoms with Crippen molar-refractivity contribution in [1.82, 2.24) is 4.98 Å². The SMILES string of the molecule is COC(=O)[C@H]1CC1c1ccc(C(F)(F)F)nc1. The highest BCUT2D eigenvalue weighted by Gasteiger charge is 2.45. The normalized spacial score (nSPS) is 23.3. The van der Waals surface area contributed by atoms with E-state index in [2.05, 4.69) is 9.72 Å². The Labute approximate surface area is 95.6 Å². The predicted octanol–water partition coefficient (Wildman–Crippen LogP) is 2.38. The molecular weight excluding hydrogens is 235 g/mol. The van der Waals surface area contributed by atoms with Gasteiger partial charge in [-0.2, -0.15) is 13.2 Å². The molecule has 2 rings (SSSR count). The molecule has 0 amide bonds. The van der Waals surface area contributed by atoms with Crippen LogP contribution in [0.3, 0.4) is 0 Å². The molecule has 17 heavy (non-hydrogen) atoms. The van der Waals surface area contributed by atoms with Crippen molar-refractivity contribution >= 4 is 5.97 Å². The van der Waals surface area contributed by atoms with Crippen molar-refractivity contribution in [2.75, 3.05) is 7.11 Å². The van der Waals surface area contributed by atoms with E-state index in [4.69, 9.17) is 0 Å². The number of esters is 1. The topological polar surface area (TPSA) is 39.2 Å². The van der Waals surface area contributed by atoms with E-state index in [0.29, 0.717) is 12.0 Å². The molecule has 1 aromatic rings. The summed E-state index contributed by atoms with van der Waals surface area (Å²) in [5, 5.41) is 0. The molecule has 1 aliphatic rings. The number of methoxy groups -OCH3 is 1. The summed E-state index contributed by atoms with van der Waals surface area (Å²) in [6.07, 6.45) is -2.64. The highest BCUT2D eigenvalue weighted by atomic mass is 19.4. The Kier molecular flexibility index (Phi) is 2.81. The molecule has 1 aromatic heterocycles. The first-order valence-corrected chi connectivity index (χ1v) is 5.04. The number of hydrogen-bond donors (Lipinski definition) is 0. The molecule has 3 nitrogen and oxygen atoms in total. The average Bonchev–Trinajstić information content (AvgIpc) is 3.07. The first-order chi connectivity index (χ1) is 7.93. The number of halogens is 3. The lowest BCUT2D eigenvalue weighted by molar-refractivity contribution is -0.142. The second kappa shape index (κ2) is 4.01. The van der Waals surface area contributed by atoms with Gasteiger partial charge in [-0.25, -0.2) is 0 Å². The van der Waals surface area contributed by atoms with Gasteiger partial charge in [0, 0.05) is 6.20 Å². The highest BCUT2D eigenvalue weighted by Crippen LogP contribution is 2.48. The van der Waals surface area contributed by atoms with Crippen LogP contribution in [-0.2, 0) is 15.7 Å². The minimum Gasteiger partial charge on any atom is -0.469 e. The maximum atomic E-state index is 12.3. The number of carbonyl (C=O) groups excluding carboxylic acids is 1. The number of carbonyl (C=O) groups is 1. The molecule has 0 radical (unpaired) electrons. The minimum absolute atomic E-state index is 0.0581. The number of hydrogen-bond acceptors (Lipinski definition) is 3. The molecular formula is C11H10F3NO2. The van der Waals surface area contributed by atoms with E-state index in [0.717, 1.165) is 6.07 Å². The van der Waals surface area contributed by atoms with Crippen LogP contribution in [0, 0.1) is 5.92 Å². The van der Waals surface area contributed by atoms with Gasteiger partial charge in [-0.15, -0.1) is 0 Å². The van der Waals surface area contributed by atoms with Crippen LogP contribution < -0.4 is 0 Å². The smallest absolute Gasteiger partial charge is 0.433 e. The molecule has 0 bridgehead atoms. The quantitative estimate of drug-likeness (QED) is 0.751. The molecule has 0 aliphatic heterocycles. The van der Waals surface area contributed by atoms with Crippen LogP contribution in [0.15, 0.2) is 18.3 Å². The van der Waals surface area contributed by atoms with Gasteiger partial charge in [0.15, 0.2) is 0 Å². The van der Waals surface area contributed by atoms with Gasteiger partial charge in [0.25, 0.3) is 0 Å². The Morgan fingerprint density at radius 2 is 2.18 bits per heavy atom. The van der Waals surface area contributed by atoms with Crippen LogP contribution in [0.2, 0.25) is 0 Å². The summed E-state index contributed by atoms with van der Waals surface area (Å²) in [6.45, 7) is 0. The summed E-state index contributed by atoms with van der Waals surface area (Å²) in [6, 6.07) is 2.30. The summed E-state index contributed by atoms with van der Waals surface area (Å²) in [5.74, 6) is -0.620. The molecule has 1 saturated carbocycles. The van der Waals surface area contributed by atoms with E-state index < -0.39 is 11.9 Å². The summed E-state index contributed by atoms with van der Waals surface area (Å²) in [7, 11) is 1.29. The zero-order valence-corrected chi connectivity index (χ0v) is 8.99. The van der Waals surface area contributed by atoms with Crippen molar-refractivity contribution in [3.63, 3.8) is 0 Å². The first-order valence-electron chi connectivity index (χ1n) is 5.04. The molecule has 0 saturated heterocycles. The van der Waals surface area contributed by atoms with E-state index >= 15 is 0 Å². The van der Waals surface area contributed by atoms with Gasteiger partial charge in [-0.1, -0.05) is 6.07 Å². The number of ether oxygens (including phenoxy) is 1. The van der Waals surface area contributed by atoms with Gasteiger partial charge in [-0.3, -0.25) is 9.78 Å². The molecule has 1 unspecified atom stereocenters. The third-order valence-electron chi connectivity index (χ3n) is 2.80. The Morgan fingerprint density at radius 3 is 2.65 bits per heavy atom. The summed E-state index contributed by atoms with van der Waals surface area (Å²) in [5.41, 5.74) is -0.273. The van der Waals surface area contributed by atoms with Gasteiger partial charge in [0.1, 0.15) is 5.69 Å². The maximum absolute atomic E-state index is 12.3. The lowest BCUT2D eigenvalue weighted by atomic mass is 10.1. The third-order valence-corrected chi connectivity index (χ3v) is 2.80. The van der Waals surface area contributed by atoms with Gasteiger partial charge >= 0.3 is 12.1 Å². The average molecular weight is 245 g/mol. The van der Waals surface area contributed by atoms with Crippen LogP contribution >= 0.6 is 0 Å². The van der Waals surface area contributed by atoms with Gasteiger partial charge in [0.2, 0.25) is 0 Å². The fourth-order valence-corrected chi connectivity index (χ4v) is 1.77. The molecule has 1 heterocycles. The lowest BCUT2D eigenvalue weighted by Crippen LogP contribution is -2.08. The van der Waals surface area contributed by atoms with Crippen molar-refractivity contribution in [2.24, 2.45) is 5.92 Å². The van der Waals surface area contributed by atoms with Crippen LogP contribution in [0.25, 0.3) is 0 Å². The van der Waals surface area contributed by atoms with Crippen LogP contribution in [-0.4, -0.2) is 18.1 Å². The molecule has 0 N–H and O–H groups in total. The van der Waals surface area contributed by atoms with E-state index in [1.54, 1.807) is 0 Å².